The van der Waals surface area contributed by atoms with E-state index in [-0.39, 0.29) is 6.61 Å². The van der Waals surface area contributed by atoms with E-state index in [0.717, 1.165) is 16.9 Å². The first-order valence-electron chi connectivity index (χ1n) is 6.66. The van der Waals surface area contributed by atoms with E-state index in [2.05, 4.69) is 5.32 Å². The van der Waals surface area contributed by atoms with Gasteiger partial charge in [-0.15, -0.1) is 0 Å². The Labute approximate surface area is 134 Å². The quantitative estimate of drug-likeness (QED) is 0.763. The van der Waals surface area contributed by atoms with Crippen LogP contribution < -0.4 is 10.1 Å². The topological polar surface area (TPSA) is 41.5 Å². The molecule has 0 unspecified atom stereocenters. The molecule has 0 radical (unpaired) electrons. The Morgan fingerprint density at radius 3 is 2.62 bits per heavy atom. The molecule has 3 nitrogen and oxygen atoms in total. The fraction of sp³-hybridized carbons (Fsp3) is 0.250. The SMILES string of the molecule is OCCNCc1cccc(OCc2ccc(Cl)c(Cl)c2)c1. The molecule has 5 heteroatoms. The van der Waals surface area contributed by atoms with Crippen molar-refractivity contribution in [3.05, 3.63) is 63.6 Å². The van der Waals surface area contributed by atoms with Crippen LogP contribution in [0, 0.1) is 0 Å². The Morgan fingerprint density at radius 1 is 1.00 bits per heavy atom. The van der Waals surface area contributed by atoms with Crippen molar-refractivity contribution in [3.8, 4) is 5.75 Å². The van der Waals surface area contributed by atoms with Crippen molar-refractivity contribution in [1.82, 2.24) is 5.32 Å². The second kappa shape index (κ2) is 8.25. The molecule has 0 atom stereocenters. The zero-order valence-electron chi connectivity index (χ0n) is 11.5. The lowest BCUT2D eigenvalue weighted by molar-refractivity contribution is 0.291. The molecule has 0 spiro atoms. The van der Waals surface area contributed by atoms with Gasteiger partial charge in [-0.1, -0.05) is 41.4 Å². The van der Waals surface area contributed by atoms with Crippen molar-refractivity contribution < 1.29 is 9.84 Å². The van der Waals surface area contributed by atoms with Gasteiger partial charge in [0.1, 0.15) is 12.4 Å². The van der Waals surface area contributed by atoms with Gasteiger partial charge in [0.15, 0.2) is 0 Å². The van der Waals surface area contributed by atoms with Gasteiger partial charge in [-0.05, 0) is 35.4 Å². The van der Waals surface area contributed by atoms with Crippen LogP contribution in [0.25, 0.3) is 0 Å². The normalized spacial score (nSPS) is 10.6. The first-order valence-corrected chi connectivity index (χ1v) is 7.42. The summed E-state index contributed by atoms with van der Waals surface area (Å²) in [5, 5.41) is 12.9. The average molecular weight is 326 g/mol. The number of nitrogens with one attached hydrogen (secondary N) is 1. The predicted molar refractivity (Wildman–Crippen MR) is 86.0 cm³/mol. The predicted octanol–water partition coefficient (Wildman–Crippen LogP) is 3.65. The summed E-state index contributed by atoms with van der Waals surface area (Å²) in [5.41, 5.74) is 2.07. The van der Waals surface area contributed by atoms with Crippen LogP contribution in [-0.4, -0.2) is 18.3 Å². The Hall–Kier alpha value is -1.26. The van der Waals surface area contributed by atoms with Crippen molar-refractivity contribution in [1.29, 1.82) is 0 Å². The molecule has 21 heavy (non-hydrogen) atoms. The molecule has 0 aliphatic carbocycles. The number of hydrogen-bond acceptors (Lipinski definition) is 3. The minimum atomic E-state index is 0.132. The summed E-state index contributed by atoms with van der Waals surface area (Å²) in [7, 11) is 0. The smallest absolute Gasteiger partial charge is 0.120 e. The number of benzene rings is 2. The lowest BCUT2D eigenvalue weighted by Gasteiger charge is -2.09. The van der Waals surface area contributed by atoms with Crippen LogP contribution >= 0.6 is 23.2 Å². The van der Waals surface area contributed by atoms with Gasteiger partial charge in [-0.3, -0.25) is 0 Å². The monoisotopic (exact) mass is 325 g/mol. The van der Waals surface area contributed by atoms with Gasteiger partial charge in [0.25, 0.3) is 0 Å². The summed E-state index contributed by atoms with van der Waals surface area (Å²) in [6.45, 7) is 1.84. The Balaban J connectivity index is 1.93. The van der Waals surface area contributed by atoms with Crippen molar-refractivity contribution in [2.24, 2.45) is 0 Å². The number of aliphatic hydroxyl groups excluding tert-OH is 1. The molecule has 0 aliphatic heterocycles. The maximum absolute atomic E-state index is 8.74. The average Bonchev–Trinajstić information content (AvgIpc) is 2.49. The molecule has 0 saturated heterocycles. The van der Waals surface area contributed by atoms with Crippen LogP contribution in [0.2, 0.25) is 10.0 Å². The van der Waals surface area contributed by atoms with E-state index in [1.54, 1.807) is 12.1 Å². The maximum atomic E-state index is 8.74. The fourth-order valence-corrected chi connectivity index (χ4v) is 2.17. The van der Waals surface area contributed by atoms with Gasteiger partial charge in [-0.2, -0.15) is 0 Å². The molecule has 0 heterocycles. The zero-order valence-corrected chi connectivity index (χ0v) is 13.0. The van der Waals surface area contributed by atoms with E-state index in [0.29, 0.717) is 29.7 Å². The van der Waals surface area contributed by atoms with Gasteiger partial charge >= 0.3 is 0 Å². The Morgan fingerprint density at radius 2 is 1.86 bits per heavy atom. The van der Waals surface area contributed by atoms with Crippen LogP contribution in [0.3, 0.4) is 0 Å². The van der Waals surface area contributed by atoms with Crippen LogP contribution in [-0.2, 0) is 13.2 Å². The number of rotatable bonds is 7. The van der Waals surface area contributed by atoms with Crippen LogP contribution in [0.15, 0.2) is 42.5 Å². The van der Waals surface area contributed by atoms with Gasteiger partial charge in [0.2, 0.25) is 0 Å². The summed E-state index contributed by atoms with van der Waals surface area (Å²) in [4.78, 5) is 0. The van der Waals surface area contributed by atoms with E-state index in [1.165, 1.54) is 0 Å². The van der Waals surface area contributed by atoms with Crippen LogP contribution in [0.4, 0.5) is 0 Å². The van der Waals surface area contributed by atoms with Gasteiger partial charge in [0, 0.05) is 13.1 Å². The van der Waals surface area contributed by atoms with E-state index >= 15 is 0 Å². The second-order valence-electron chi connectivity index (χ2n) is 4.58. The highest BCUT2D eigenvalue weighted by atomic mass is 35.5. The molecular formula is C16H17Cl2NO2. The summed E-state index contributed by atoms with van der Waals surface area (Å²) in [5.74, 6) is 0.796. The van der Waals surface area contributed by atoms with E-state index in [9.17, 15) is 0 Å². The van der Waals surface area contributed by atoms with Crippen molar-refractivity contribution in [2.75, 3.05) is 13.2 Å². The largest absolute Gasteiger partial charge is 0.489 e. The van der Waals surface area contributed by atoms with E-state index in [1.807, 2.05) is 30.3 Å². The molecule has 0 bridgehead atoms. The minimum absolute atomic E-state index is 0.132. The van der Waals surface area contributed by atoms with Crippen molar-refractivity contribution in [2.45, 2.75) is 13.2 Å². The third-order valence-corrected chi connectivity index (χ3v) is 3.64. The Kier molecular flexibility index (Phi) is 6.33. The second-order valence-corrected chi connectivity index (χ2v) is 5.40. The van der Waals surface area contributed by atoms with Gasteiger partial charge in [0.05, 0.1) is 16.7 Å². The maximum Gasteiger partial charge on any atom is 0.120 e. The fourth-order valence-electron chi connectivity index (χ4n) is 1.85. The minimum Gasteiger partial charge on any atom is -0.489 e. The summed E-state index contributed by atoms with van der Waals surface area (Å²) < 4.78 is 5.75. The number of halogens is 2. The first kappa shape index (κ1) is 16.1. The van der Waals surface area contributed by atoms with Crippen molar-refractivity contribution in [3.63, 3.8) is 0 Å². The highest BCUT2D eigenvalue weighted by molar-refractivity contribution is 6.42. The van der Waals surface area contributed by atoms with Gasteiger partial charge < -0.3 is 15.2 Å². The number of hydrogen-bond donors (Lipinski definition) is 2. The molecular weight excluding hydrogens is 309 g/mol. The van der Waals surface area contributed by atoms with E-state index in [4.69, 9.17) is 33.0 Å². The third kappa shape index (κ3) is 5.21. The highest BCUT2D eigenvalue weighted by Crippen LogP contribution is 2.23. The molecule has 0 saturated carbocycles. The van der Waals surface area contributed by atoms with Crippen LogP contribution in [0.5, 0.6) is 5.75 Å². The molecule has 0 aromatic heterocycles. The molecule has 2 aromatic rings. The van der Waals surface area contributed by atoms with Crippen LogP contribution in [0.1, 0.15) is 11.1 Å². The molecule has 112 valence electrons. The molecule has 0 aliphatic rings. The number of aliphatic hydroxyl groups is 1. The first-order chi connectivity index (χ1) is 10.2. The molecule has 2 N–H and O–H groups in total. The zero-order chi connectivity index (χ0) is 15.1. The summed E-state index contributed by atoms with van der Waals surface area (Å²) >= 11 is 11.9. The van der Waals surface area contributed by atoms with E-state index < -0.39 is 0 Å². The third-order valence-electron chi connectivity index (χ3n) is 2.91. The number of ether oxygens (including phenoxy) is 1. The molecule has 2 aromatic carbocycles. The molecule has 0 amide bonds. The standard InChI is InChI=1S/C16H17Cl2NO2/c17-15-5-4-13(9-16(15)18)11-21-14-3-1-2-12(8-14)10-19-6-7-20/h1-5,8-9,19-20H,6-7,10-11H2. The van der Waals surface area contributed by atoms with Crippen molar-refractivity contribution >= 4 is 23.2 Å². The molecule has 2 rings (SSSR count). The summed E-state index contributed by atoms with van der Waals surface area (Å²) in [6.07, 6.45) is 0. The van der Waals surface area contributed by atoms with Gasteiger partial charge in [-0.25, -0.2) is 0 Å². The highest BCUT2D eigenvalue weighted by Gasteiger charge is 2.02. The summed E-state index contributed by atoms with van der Waals surface area (Å²) in [6, 6.07) is 13.3. The molecule has 0 fully saturated rings. The Bertz CT molecular complexity index is 590. The lowest BCUT2D eigenvalue weighted by Crippen LogP contribution is -2.17. The lowest BCUT2D eigenvalue weighted by atomic mass is 10.2.